The molecule has 0 saturated heterocycles. The van der Waals surface area contributed by atoms with Gasteiger partial charge in [0.05, 0.1) is 5.92 Å². The lowest BCUT2D eigenvalue weighted by Gasteiger charge is -2.55. The van der Waals surface area contributed by atoms with Gasteiger partial charge < -0.3 is 10.4 Å². The van der Waals surface area contributed by atoms with E-state index in [1.54, 1.807) is 0 Å². The number of nitrogens with one attached hydrogen (secondary N) is 1. The number of halogens is 1. The minimum absolute atomic E-state index is 0.0277. The molecule has 0 radical (unpaired) electrons. The molecule has 4 fully saturated rings. The third kappa shape index (κ3) is 3.05. The van der Waals surface area contributed by atoms with Gasteiger partial charge in [0.1, 0.15) is 5.82 Å². The van der Waals surface area contributed by atoms with Crippen LogP contribution in [0.4, 0.5) is 4.39 Å². The van der Waals surface area contributed by atoms with Crippen molar-refractivity contribution in [1.29, 1.82) is 0 Å². The van der Waals surface area contributed by atoms with Gasteiger partial charge in [0, 0.05) is 12.0 Å². The molecule has 4 bridgehead atoms. The first-order valence-electron chi connectivity index (χ1n) is 9.22. The van der Waals surface area contributed by atoms with E-state index < -0.39 is 17.7 Å². The molecule has 5 rings (SSSR count). The molecular formula is C20H24FNO3. The Morgan fingerprint density at radius 3 is 2.08 bits per heavy atom. The van der Waals surface area contributed by atoms with E-state index in [0.29, 0.717) is 23.3 Å². The highest BCUT2D eigenvalue weighted by molar-refractivity contribution is 5.84. The number of carbonyl (C=O) groups is 2. The topological polar surface area (TPSA) is 66.4 Å². The molecule has 1 atom stereocenters. The fourth-order valence-electron chi connectivity index (χ4n) is 5.81. The zero-order valence-corrected chi connectivity index (χ0v) is 14.2. The van der Waals surface area contributed by atoms with Crippen LogP contribution in [0.2, 0.25) is 0 Å². The van der Waals surface area contributed by atoms with E-state index >= 15 is 0 Å². The Hall–Kier alpha value is -1.91. The number of aliphatic carboxylic acids is 1. The quantitative estimate of drug-likeness (QED) is 0.860. The number of hydrogen-bond donors (Lipinski definition) is 2. The Labute approximate surface area is 146 Å². The van der Waals surface area contributed by atoms with Crippen LogP contribution in [0.5, 0.6) is 0 Å². The maximum absolute atomic E-state index is 13.1. The number of carboxylic acid groups (broad SMARTS) is 1. The molecule has 25 heavy (non-hydrogen) atoms. The first kappa shape index (κ1) is 16.6. The van der Waals surface area contributed by atoms with Crippen LogP contribution in [0.25, 0.3) is 0 Å². The van der Waals surface area contributed by atoms with E-state index in [9.17, 15) is 19.1 Å². The van der Waals surface area contributed by atoms with Gasteiger partial charge in [-0.3, -0.25) is 9.59 Å². The van der Waals surface area contributed by atoms with Crippen molar-refractivity contribution in [1.82, 2.24) is 5.32 Å². The van der Waals surface area contributed by atoms with Gasteiger partial charge in [-0.15, -0.1) is 0 Å². The van der Waals surface area contributed by atoms with E-state index in [4.69, 9.17) is 0 Å². The van der Waals surface area contributed by atoms with E-state index in [-0.39, 0.29) is 17.9 Å². The molecule has 4 saturated carbocycles. The summed E-state index contributed by atoms with van der Waals surface area (Å²) in [6.45, 7) is 0.0571. The van der Waals surface area contributed by atoms with Crippen LogP contribution in [0, 0.1) is 29.0 Å². The minimum Gasteiger partial charge on any atom is -0.481 e. The van der Waals surface area contributed by atoms with E-state index in [1.807, 2.05) is 0 Å². The Morgan fingerprint density at radius 1 is 1.08 bits per heavy atom. The SMILES string of the molecule is O=C(O)C(CNC(=O)C12CC3CC(CC(C3)C1)C2)c1ccc(F)cc1. The van der Waals surface area contributed by atoms with Gasteiger partial charge >= 0.3 is 5.97 Å². The molecule has 1 aromatic rings. The fraction of sp³-hybridized carbons (Fsp3) is 0.600. The van der Waals surface area contributed by atoms with Crippen molar-refractivity contribution in [2.24, 2.45) is 23.2 Å². The molecule has 4 nitrogen and oxygen atoms in total. The zero-order chi connectivity index (χ0) is 17.6. The maximum Gasteiger partial charge on any atom is 0.312 e. The lowest BCUT2D eigenvalue weighted by molar-refractivity contribution is -0.146. The van der Waals surface area contributed by atoms with Crippen LogP contribution in [0.3, 0.4) is 0 Å². The second-order valence-electron chi connectivity index (χ2n) is 8.35. The first-order chi connectivity index (χ1) is 11.9. The van der Waals surface area contributed by atoms with Crippen molar-refractivity contribution in [3.05, 3.63) is 35.6 Å². The molecule has 1 amide bonds. The largest absolute Gasteiger partial charge is 0.481 e. The molecule has 1 aromatic carbocycles. The number of carbonyl (C=O) groups excluding carboxylic acids is 1. The van der Waals surface area contributed by atoms with E-state index in [1.165, 1.54) is 43.5 Å². The molecule has 134 valence electrons. The first-order valence-corrected chi connectivity index (χ1v) is 9.22. The highest BCUT2D eigenvalue weighted by Crippen LogP contribution is 2.60. The van der Waals surface area contributed by atoms with Crippen molar-refractivity contribution in [3.63, 3.8) is 0 Å². The number of hydrogen-bond acceptors (Lipinski definition) is 2. The summed E-state index contributed by atoms with van der Waals surface area (Å²) in [7, 11) is 0. The molecule has 1 unspecified atom stereocenters. The molecule has 4 aliphatic carbocycles. The Bertz CT molecular complexity index is 649. The summed E-state index contributed by atoms with van der Waals surface area (Å²) in [5.74, 6) is -0.209. The predicted molar refractivity (Wildman–Crippen MR) is 90.4 cm³/mol. The standard InChI is InChI=1S/C20H24FNO3/c21-16-3-1-15(2-4-16)17(18(23)24)11-22-19(25)20-8-12-5-13(9-20)7-14(6-12)10-20/h1-4,12-14,17H,5-11H2,(H,22,25)(H,23,24). The summed E-state index contributed by atoms with van der Waals surface area (Å²) in [6, 6.07) is 5.47. The number of amides is 1. The fourth-order valence-corrected chi connectivity index (χ4v) is 5.81. The number of rotatable bonds is 5. The summed E-state index contributed by atoms with van der Waals surface area (Å²) in [4.78, 5) is 24.5. The van der Waals surface area contributed by atoms with Crippen LogP contribution in [-0.4, -0.2) is 23.5 Å². The van der Waals surface area contributed by atoms with Crippen molar-refractivity contribution < 1.29 is 19.1 Å². The lowest BCUT2D eigenvalue weighted by Crippen LogP contribution is -2.54. The minimum atomic E-state index is -1.00. The lowest BCUT2D eigenvalue weighted by atomic mass is 9.49. The number of carboxylic acids is 1. The average Bonchev–Trinajstić information content (AvgIpc) is 2.55. The third-order valence-electron chi connectivity index (χ3n) is 6.56. The van der Waals surface area contributed by atoms with Gasteiger partial charge in [0.2, 0.25) is 5.91 Å². The van der Waals surface area contributed by atoms with Gasteiger partial charge in [-0.1, -0.05) is 12.1 Å². The van der Waals surface area contributed by atoms with Crippen molar-refractivity contribution in [2.45, 2.75) is 44.4 Å². The molecule has 5 heteroatoms. The van der Waals surface area contributed by atoms with Gasteiger partial charge in [-0.2, -0.15) is 0 Å². The molecular weight excluding hydrogens is 321 g/mol. The van der Waals surface area contributed by atoms with Crippen LogP contribution in [0.15, 0.2) is 24.3 Å². The number of benzene rings is 1. The Morgan fingerprint density at radius 2 is 1.60 bits per heavy atom. The van der Waals surface area contributed by atoms with Crippen LogP contribution in [-0.2, 0) is 9.59 Å². The van der Waals surface area contributed by atoms with Gasteiger partial charge in [0.15, 0.2) is 0 Å². The highest BCUT2D eigenvalue weighted by atomic mass is 19.1. The van der Waals surface area contributed by atoms with Crippen LogP contribution < -0.4 is 5.32 Å². The summed E-state index contributed by atoms with van der Waals surface area (Å²) in [6.07, 6.45) is 6.66. The summed E-state index contributed by atoms with van der Waals surface area (Å²) < 4.78 is 13.1. The van der Waals surface area contributed by atoms with Crippen molar-refractivity contribution in [3.8, 4) is 0 Å². The molecule has 0 spiro atoms. The summed E-state index contributed by atoms with van der Waals surface area (Å²) >= 11 is 0. The molecule has 0 aliphatic heterocycles. The smallest absolute Gasteiger partial charge is 0.312 e. The highest BCUT2D eigenvalue weighted by Gasteiger charge is 2.54. The van der Waals surface area contributed by atoms with Gasteiger partial charge in [-0.25, -0.2) is 4.39 Å². The second-order valence-corrected chi connectivity index (χ2v) is 8.35. The maximum atomic E-state index is 13.1. The average molecular weight is 345 g/mol. The van der Waals surface area contributed by atoms with Gasteiger partial charge in [0.25, 0.3) is 0 Å². The third-order valence-corrected chi connectivity index (χ3v) is 6.56. The summed E-state index contributed by atoms with van der Waals surface area (Å²) in [5, 5.41) is 12.4. The van der Waals surface area contributed by atoms with E-state index in [2.05, 4.69) is 5.32 Å². The Kier molecular flexibility index (Phi) is 4.05. The zero-order valence-electron chi connectivity index (χ0n) is 14.2. The molecule has 0 aromatic heterocycles. The van der Waals surface area contributed by atoms with Crippen LogP contribution >= 0.6 is 0 Å². The normalized spacial score (nSPS) is 33.9. The van der Waals surface area contributed by atoms with Crippen LogP contribution in [0.1, 0.15) is 50.0 Å². The predicted octanol–water partition coefficient (Wildman–Crippen LogP) is 3.33. The second kappa shape index (κ2) is 6.11. The van der Waals surface area contributed by atoms with Crippen molar-refractivity contribution in [2.75, 3.05) is 6.54 Å². The molecule has 0 heterocycles. The Balaban J connectivity index is 1.45. The van der Waals surface area contributed by atoms with Crippen molar-refractivity contribution >= 4 is 11.9 Å². The summed E-state index contributed by atoms with van der Waals surface area (Å²) in [5.41, 5.74) is 0.236. The van der Waals surface area contributed by atoms with E-state index in [0.717, 1.165) is 19.3 Å². The molecule has 4 aliphatic rings. The molecule has 2 N–H and O–H groups in total. The van der Waals surface area contributed by atoms with Gasteiger partial charge in [-0.05, 0) is 74.0 Å². The monoisotopic (exact) mass is 345 g/mol.